The molecule has 212 valence electrons. The molecule has 0 fully saturated rings. The average molecular weight is 511 g/mol. The van der Waals surface area contributed by atoms with Crippen molar-refractivity contribution in [3.63, 3.8) is 0 Å². The van der Waals surface area contributed by atoms with Crippen molar-refractivity contribution in [2.75, 3.05) is 7.11 Å². The number of carboxylic acids is 1. The first-order valence-electron chi connectivity index (χ1n) is 14.1. The number of ether oxygens (including phenoxy) is 1. The van der Waals surface area contributed by atoms with Crippen molar-refractivity contribution in [1.29, 1.82) is 0 Å². The van der Waals surface area contributed by atoms with Crippen LogP contribution in [0.3, 0.4) is 0 Å². The Balaban J connectivity index is 0. The Morgan fingerprint density at radius 1 is 0.944 bits per heavy atom. The first-order valence-corrected chi connectivity index (χ1v) is 14.1. The van der Waals surface area contributed by atoms with Crippen LogP contribution < -0.4 is 0 Å². The molecule has 3 N–H and O–H groups in total. The van der Waals surface area contributed by atoms with Crippen molar-refractivity contribution in [1.82, 2.24) is 0 Å². The molecule has 5 nitrogen and oxygen atoms in total. The number of aliphatic hydroxyl groups excluding tert-OH is 2. The fourth-order valence-corrected chi connectivity index (χ4v) is 4.29. The molecule has 0 amide bonds. The highest BCUT2D eigenvalue weighted by Crippen LogP contribution is 2.21. The summed E-state index contributed by atoms with van der Waals surface area (Å²) in [7, 11) is 1.76. The maximum atomic E-state index is 10.6. The number of hydrogen-bond donors (Lipinski definition) is 3. The van der Waals surface area contributed by atoms with E-state index in [-0.39, 0.29) is 24.5 Å². The highest BCUT2D eigenvalue weighted by atomic mass is 16.5. The van der Waals surface area contributed by atoms with Gasteiger partial charge in [0, 0.05) is 13.0 Å². The second kappa shape index (κ2) is 22.7. The van der Waals surface area contributed by atoms with E-state index >= 15 is 0 Å². The van der Waals surface area contributed by atoms with Gasteiger partial charge in [0.1, 0.15) is 0 Å². The lowest BCUT2D eigenvalue weighted by Crippen LogP contribution is -2.23. The van der Waals surface area contributed by atoms with Crippen molar-refractivity contribution < 1.29 is 24.9 Å². The van der Waals surface area contributed by atoms with Gasteiger partial charge in [0.05, 0.1) is 24.7 Å². The lowest BCUT2D eigenvalue weighted by Gasteiger charge is -2.23. The van der Waals surface area contributed by atoms with Gasteiger partial charge in [-0.15, -0.1) is 0 Å². The van der Waals surface area contributed by atoms with Crippen LogP contribution >= 0.6 is 0 Å². The largest absolute Gasteiger partial charge is 0.481 e. The van der Waals surface area contributed by atoms with E-state index in [1.165, 1.54) is 5.57 Å². The van der Waals surface area contributed by atoms with E-state index in [1.807, 2.05) is 13.8 Å². The summed E-state index contributed by atoms with van der Waals surface area (Å²) in [6, 6.07) is 0. The Hall–Kier alpha value is -1.43. The van der Waals surface area contributed by atoms with Crippen LogP contribution in [-0.4, -0.2) is 46.7 Å². The van der Waals surface area contributed by atoms with Crippen LogP contribution in [0.2, 0.25) is 0 Å². The Labute approximate surface area is 222 Å². The van der Waals surface area contributed by atoms with Gasteiger partial charge >= 0.3 is 5.97 Å². The summed E-state index contributed by atoms with van der Waals surface area (Å²) in [6.07, 6.45) is 15.8. The highest BCUT2D eigenvalue weighted by Gasteiger charge is 2.18. The van der Waals surface area contributed by atoms with Crippen LogP contribution in [0.15, 0.2) is 36.0 Å². The number of carboxylic acid groups (broad SMARTS) is 1. The first-order chi connectivity index (χ1) is 17.0. The lowest BCUT2D eigenvalue weighted by atomic mass is 9.91. The third-order valence-electron chi connectivity index (χ3n) is 6.71. The molecule has 0 aromatic rings. The van der Waals surface area contributed by atoms with E-state index in [0.29, 0.717) is 24.2 Å². The zero-order valence-electron chi connectivity index (χ0n) is 24.7. The zero-order valence-corrected chi connectivity index (χ0v) is 24.7. The van der Waals surface area contributed by atoms with Crippen LogP contribution in [0.1, 0.15) is 107 Å². The van der Waals surface area contributed by atoms with E-state index in [1.54, 1.807) is 7.11 Å². The first kappa shape index (κ1) is 36.7. The van der Waals surface area contributed by atoms with E-state index < -0.39 is 12.1 Å². The topological polar surface area (TPSA) is 87.0 Å². The number of carbonyl (C=O) groups is 1. The number of aliphatic carboxylic acids is 1. The Kier molecular flexibility index (Phi) is 23.2. The van der Waals surface area contributed by atoms with Gasteiger partial charge in [0.15, 0.2) is 0 Å². The van der Waals surface area contributed by atoms with Crippen molar-refractivity contribution >= 4 is 5.97 Å². The normalized spacial score (nSPS) is 18.2. The van der Waals surface area contributed by atoms with Gasteiger partial charge in [-0.2, -0.15) is 0 Å². The molecule has 0 aliphatic rings. The molecule has 0 aliphatic carbocycles. The smallest absolute Gasteiger partial charge is 0.305 e. The van der Waals surface area contributed by atoms with Gasteiger partial charge in [-0.25, -0.2) is 0 Å². The molecule has 0 aliphatic heterocycles. The molecule has 5 heteroatoms. The standard InChI is InChI=1S/C29H52O5.C2H6/c1-8-28(34-7)25(6)16-18-27(31)24(5)14-10-13-23(4)19-22(3)12-9-11-21(2)15-17-26(30)20-29(32)33;1-2/h9-10,12-14,21-22,24-28,30-31H,8,11,15-20H2,1-7H3,(H,32,33);1-2H3/b12-9+,14-10+,23-13+;. The maximum absolute atomic E-state index is 10.6. The zero-order chi connectivity index (χ0) is 28.1. The number of methoxy groups -OCH3 is 1. The molecule has 0 saturated carbocycles. The van der Waals surface area contributed by atoms with Gasteiger partial charge in [-0.3, -0.25) is 4.79 Å². The van der Waals surface area contributed by atoms with Gasteiger partial charge < -0.3 is 20.1 Å². The Bertz CT molecular complexity index is 620. The molecule has 0 spiro atoms. The fourth-order valence-electron chi connectivity index (χ4n) is 4.29. The van der Waals surface area contributed by atoms with E-state index in [4.69, 9.17) is 9.84 Å². The summed E-state index contributed by atoms with van der Waals surface area (Å²) in [5.74, 6) is 0.474. The van der Waals surface area contributed by atoms with Crippen molar-refractivity contribution in [3.05, 3.63) is 36.0 Å². The molecule has 36 heavy (non-hydrogen) atoms. The summed E-state index contributed by atoms with van der Waals surface area (Å²) in [5, 5.41) is 28.9. The van der Waals surface area contributed by atoms with Crippen LogP contribution in [-0.2, 0) is 9.53 Å². The van der Waals surface area contributed by atoms with Gasteiger partial charge in [0.25, 0.3) is 0 Å². The highest BCUT2D eigenvalue weighted by molar-refractivity contribution is 5.67. The molecule has 0 bridgehead atoms. The van der Waals surface area contributed by atoms with Gasteiger partial charge in [-0.05, 0) is 69.6 Å². The average Bonchev–Trinajstić information content (AvgIpc) is 2.82. The van der Waals surface area contributed by atoms with Crippen LogP contribution in [0, 0.1) is 23.7 Å². The quantitative estimate of drug-likeness (QED) is 0.123. The minimum atomic E-state index is -0.949. The van der Waals surface area contributed by atoms with Gasteiger partial charge in [-0.1, -0.05) is 84.4 Å². The second-order valence-electron chi connectivity index (χ2n) is 10.3. The molecular formula is C31H58O5. The summed E-state index contributed by atoms with van der Waals surface area (Å²) in [4.78, 5) is 10.6. The molecule has 0 heterocycles. The van der Waals surface area contributed by atoms with Crippen LogP contribution in [0.4, 0.5) is 0 Å². The number of hydrogen-bond acceptors (Lipinski definition) is 4. The third kappa shape index (κ3) is 19.7. The molecule has 0 aromatic heterocycles. The fraction of sp³-hybridized carbons (Fsp3) is 0.774. The Morgan fingerprint density at radius 2 is 1.58 bits per heavy atom. The summed E-state index contributed by atoms with van der Waals surface area (Å²) >= 11 is 0. The molecule has 0 radical (unpaired) electrons. The molecule has 0 aromatic carbocycles. The molecule has 7 atom stereocenters. The minimum absolute atomic E-state index is 0.117. The predicted octanol–water partition coefficient (Wildman–Crippen LogP) is 7.58. The molecular weight excluding hydrogens is 452 g/mol. The molecule has 0 saturated heterocycles. The lowest BCUT2D eigenvalue weighted by molar-refractivity contribution is -0.139. The van der Waals surface area contributed by atoms with Crippen molar-refractivity contribution in [2.24, 2.45) is 23.7 Å². The van der Waals surface area contributed by atoms with Crippen LogP contribution in [0.25, 0.3) is 0 Å². The summed E-state index contributed by atoms with van der Waals surface area (Å²) < 4.78 is 5.51. The van der Waals surface area contributed by atoms with E-state index in [2.05, 4.69) is 71.9 Å². The number of allylic oxidation sites excluding steroid dienone is 5. The molecule has 7 unspecified atom stereocenters. The Morgan fingerprint density at radius 3 is 2.14 bits per heavy atom. The number of aliphatic hydroxyl groups is 2. The SMILES string of the molecule is CC.CCC(OC)C(C)CCC(O)C(C)/C=C/C=C(\C)CC(C)/C=C/CC(C)CCC(O)CC(=O)O. The minimum Gasteiger partial charge on any atom is -0.481 e. The third-order valence-corrected chi connectivity index (χ3v) is 6.71. The van der Waals surface area contributed by atoms with E-state index in [9.17, 15) is 15.0 Å². The van der Waals surface area contributed by atoms with E-state index in [0.717, 1.165) is 38.5 Å². The monoisotopic (exact) mass is 510 g/mol. The molecule has 0 rings (SSSR count). The van der Waals surface area contributed by atoms with Crippen LogP contribution in [0.5, 0.6) is 0 Å². The predicted molar refractivity (Wildman–Crippen MR) is 153 cm³/mol. The number of rotatable bonds is 19. The van der Waals surface area contributed by atoms with Crippen molar-refractivity contribution in [2.45, 2.75) is 125 Å². The van der Waals surface area contributed by atoms with Gasteiger partial charge in [0.2, 0.25) is 0 Å². The second-order valence-corrected chi connectivity index (χ2v) is 10.3. The summed E-state index contributed by atoms with van der Waals surface area (Å²) in [5.41, 5.74) is 1.31. The maximum Gasteiger partial charge on any atom is 0.305 e. The van der Waals surface area contributed by atoms with Crippen molar-refractivity contribution in [3.8, 4) is 0 Å². The summed E-state index contributed by atoms with van der Waals surface area (Å²) in [6.45, 7) is 16.9.